The Morgan fingerprint density at radius 1 is 1.52 bits per heavy atom. The number of nitrogens with zero attached hydrogens (tertiary/aromatic N) is 3. The first-order valence-corrected chi connectivity index (χ1v) is 7.16. The molecule has 1 aliphatic rings. The van der Waals surface area contributed by atoms with E-state index in [0.717, 1.165) is 31.6 Å². The molecule has 0 unspecified atom stereocenters. The van der Waals surface area contributed by atoms with Gasteiger partial charge in [-0.25, -0.2) is 0 Å². The number of likely N-dealkylation sites (tertiary alicyclic amines) is 1. The summed E-state index contributed by atoms with van der Waals surface area (Å²) < 4.78 is 4.82. The van der Waals surface area contributed by atoms with Gasteiger partial charge in [-0.2, -0.15) is 0 Å². The quantitative estimate of drug-likeness (QED) is 0.848. The molecular weight excluding hydrogens is 272 g/mol. The van der Waals surface area contributed by atoms with Crippen LogP contribution in [0, 0.1) is 5.92 Å². The van der Waals surface area contributed by atoms with Gasteiger partial charge in [0.15, 0.2) is 0 Å². The number of hydrogen-bond donors (Lipinski definition) is 1. The summed E-state index contributed by atoms with van der Waals surface area (Å²) in [4.78, 5) is 27.1. The summed E-state index contributed by atoms with van der Waals surface area (Å²) in [7, 11) is 1.79. The van der Waals surface area contributed by atoms with Gasteiger partial charge in [-0.15, -0.1) is 0 Å². The Balaban J connectivity index is 1.88. The fraction of sp³-hybridized carbons (Fsp3) is 0.643. The van der Waals surface area contributed by atoms with E-state index in [0.29, 0.717) is 0 Å². The van der Waals surface area contributed by atoms with E-state index in [-0.39, 0.29) is 30.3 Å². The van der Waals surface area contributed by atoms with E-state index in [1.165, 1.54) is 6.26 Å². The minimum Gasteiger partial charge on any atom is -0.369 e. The smallest absolute Gasteiger partial charge is 0.231 e. The number of carbonyl (C=O) groups excluding carboxylic acids is 2. The average Bonchev–Trinajstić information content (AvgIpc) is 2.99. The van der Waals surface area contributed by atoms with Gasteiger partial charge in [-0.3, -0.25) is 14.5 Å². The van der Waals surface area contributed by atoms with Crippen LogP contribution in [-0.4, -0.2) is 53.5 Å². The fourth-order valence-electron chi connectivity index (χ4n) is 2.67. The van der Waals surface area contributed by atoms with Crippen LogP contribution in [0.4, 0.5) is 0 Å². The maximum atomic E-state index is 12.5. The fourth-order valence-corrected chi connectivity index (χ4v) is 2.67. The molecule has 1 fully saturated rings. The highest BCUT2D eigenvalue weighted by molar-refractivity contribution is 5.79. The Labute approximate surface area is 124 Å². The van der Waals surface area contributed by atoms with Gasteiger partial charge in [0.25, 0.3) is 0 Å². The van der Waals surface area contributed by atoms with E-state index in [2.05, 4.69) is 5.16 Å². The van der Waals surface area contributed by atoms with Gasteiger partial charge in [-0.1, -0.05) is 5.16 Å². The second-order valence-corrected chi connectivity index (χ2v) is 5.57. The van der Waals surface area contributed by atoms with Gasteiger partial charge < -0.3 is 15.2 Å². The molecule has 0 bridgehead atoms. The molecule has 1 aromatic heterocycles. The lowest BCUT2D eigenvalue weighted by Crippen LogP contribution is -2.44. The molecule has 1 aliphatic heterocycles. The van der Waals surface area contributed by atoms with Crippen molar-refractivity contribution >= 4 is 11.8 Å². The maximum absolute atomic E-state index is 12.5. The first-order valence-electron chi connectivity index (χ1n) is 7.16. The van der Waals surface area contributed by atoms with E-state index in [9.17, 15) is 9.59 Å². The average molecular weight is 294 g/mol. The van der Waals surface area contributed by atoms with Gasteiger partial charge >= 0.3 is 0 Å². The first-order chi connectivity index (χ1) is 9.99. The second-order valence-electron chi connectivity index (χ2n) is 5.57. The van der Waals surface area contributed by atoms with Gasteiger partial charge in [0.2, 0.25) is 11.8 Å². The van der Waals surface area contributed by atoms with Gasteiger partial charge in [0.05, 0.1) is 12.6 Å². The topological polar surface area (TPSA) is 92.7 Å². The molecule has 2 amide bonds. The number of aromatic nitrogens is 1. The predicted molar refractivity (Wildman–Crippen MR) is 76.0 cm³/mol. The Morgan fingerprint density at radius 3 is 2.71 bits per heavy atom. The SMILES string of the molecule is C[C@@H](c1ccon1)N(C)C(=O)C1CCN(CC(N)=O)CC1. The lowest BCUT2D eigenvalue weighted by Gasteiger charge is -2.34. The Hall–Kier alpha value is -1.89. The zero-order valence-corrected chi connectivity index (χ0v) is 12.5. The number of rotatable bonds is 5. The van der Waals surface area contributed by atoms with Gasteiger partial charge in [-0.05, 0) is 32.9 Å². The Bertz CT molecular complexity index is 480. The van der Waals surface area contributed by atoms with Crippen LogP contribution in [0.15, 0.2) is 16.9 Å². The summed E-state index contributed by atoms with van der Waals surface area (Å²) >= 11 is 0. The summed E-state index contributed by atoms with van der Waals surface area (Å²) in [5.41, 5.74) is 5.94. The van der Waals surface area contributed by atoms with E-state index in [4.69, 9.17) is 10.3 Å². The molecule has 2 N–H and O–H groups in total. The van der Waals surface area contributed by atoms with Crippen LogP contribution < -0.4 is 5.73 Å². The molecule has 1 atom stereocenters. The van der Waals surface area contributed by atoms with Crippen molar-refractivity contribution in [1.82, 2.24) is 15.0 Å². The first kappa shape index (κ1) is 15.5. The van der Waals surface area contributed by atoms with Gasteiger partial charge in [0.1, 0.15) is 12.0 Å². The molecule has 0 aromatic carbocycles. The molecule has 7 heteroatoms. The number of piperidine rings is 1. The standard InChI is InChI=1S/C14H22N4O3/c1-10(12-5-8-21-16-12)17(2)14(20)11-3-6-18(7-4-11)9-13(15)19/h5,8,10-11H,3-4,6-7,9H2,1-2H3,(H2,15,19)/t10-/m0/s1. The number of carbonyl (C=O) groups is 2. The molecule has 0 aliphatic carbocycles. The molecular formula is C14H22N4O3. The van der Waals surface area contributed by atoms with E-state index in [1.54, 1.807) is 18.0 Å². The van der Waals surface area contributed by atoms with Crippen molar-refractivity contribution in [2.75, 3.05) is 26.7 Å². The summed E-state index contributed by atoms with van der Waals surface area (Å²) in [6, 6.07) is 1.66. The summed E-state index contributed by atoms with van der Waals surface area (Å²) in [5.74, 6) is -0.214. The monoisotopic (exact) mass is 294 g/mol. The normalized spacial score (nSPS) is 18.4. The van der Waals surface area contributed by atoms with Gasteiger partial charge in [0, 0.05) is 19.0 Å². The highest BCUT2D eigenvalue weighted by Crippen LogP contribution is 2.24. The number of amides is 2. The van der Waals surface area contributed by atoms with E-state index in [1.807, 2.05) is 11.8 Å². The van der Waals surface area contributed by atoms with Crippen molar-refractivity contribution in [2.24, 2.45) is 11.7 Å². The molecule has 116 valence electrons. The number of primary amides is 1. The highest BCUT2D eigenvalue weighted by atomic mass is 16.5. The van der Waals surface area contributed by atoms with E-state index >= 15 is 0 Å². The summed E-state index contributed by atoms with van der Waals surface area (Å²) in [5, 5.41) is 3.88. The molecule has 0 radical (unpaired) electrons. The van der Waals surface area contributed by atoms with Crippen LogP contribution in [0.2, 0.25) is 0 Å². The predicted octanol–water partition coefficient (Wildman–Crippen LogP) is 0.391. The second kappa shape index (κ2) is 6.71. The van der Waals surface area contributed by atoms with Crippen LogP contribution in [0.5, 0.6) is 0 Å². The molecule has 1 aromatic rings. The number of nitrogens with two attached hydrogens (primary N) is 1. The van der Waals surface area contributed by atoms with Crippen molar-refractivity contribution in [3.05, 3.63) is 18.0 Å². The third kappa shape index (κ3) is 3.81. The van der Waals surface area contributed by atoms with Crippen LogP contribution in [-0.2, 0) is 9.59 Å². The van der Waals surface area contributed by atoms with Crippen LogP contribution >= 0.6 is 0 Å². The molecule has 2 rings (SSSR count). The van der Waals surface area contributed by atoms with Crippen molar-refractivity contribution in [1.29, 1.82) is 0 Å². The molecule has 1 saturated heterocycles. The molecule has 0 spiro atoms. The minimum atomic E-state index is -0.323. The van der Waals surface area contributed by atoms with Crippen molar-refractivity contribution in [3.8, 4) is 0 Å². The minimum absolute atomic E-state index is 0.00604. The van der Waals surface area contributed by atoms with Crippen LogP contribution in [0.3, 0.4) is 0 Å². The Morgan fingerprint density at radius 2 is 2.19 bits per heavy atom. The van der Waals surface area contributed by atoms with Crippen molar-refractivity contribution in [3.63, 3.8) is 0 Å². The van der Waals surface area contributed by atoms with E-state index < -0.39 is 0 Å². The third-order valence-electron chi connectivity index (χ3n) is 4.13. The lowest BCUT2D eigenvalue weighted by atomic mass is 9.94. The number of hydrogen-bond acceptors (Lipinski definition) is 5. The summed E-state index contributed by atoms with van der Waals surface area (Å²) in [6.07, 6.45) is 3.01. The molecule has 21 heavy (non-hydrogen) atoms. The zero-order chi connectivity index (χ0) is 15.4. The largest absolute Gasteiger partial charge is 0.369 e. The van der Waals surface area contributed by atoms with Crippen LogP contribution in [0.25, 0.3) is 0 Å². The molecule has 0 saturated carbocycles. The maximum Gasteiger partial charge on any atom is 0.231 e. The molecule has 2 heterocycles. The highest BCUT2D eigenvalue weighted by Gasteiger charge is 2.30. The van der Waals surface area contributed by atoms with Crippen LogP contribution in [0.1, 0.15) is 31.5 Å². The zero-order valence-electron chi connectivity index (χ0n) is 12.5. The molecule has 7 nitrogen and oxygen atoms in total. The van der Waals surface area contributed by atoms with Crippen molar-refractivity contribution in [2.45, 2.75) is 25.8 Å². The lowest BCUT2D eigenvalue weighted by molar-refractivity contribution is -0.137. The third-order valence-corrected chi connectivity index (χ3v) is 4.13. The Kier molecular flexibility index (Phi) is 4.95. The summed E-state index contributed by atoms with van der Waals surface area (Å²) in [6.45, 7) is 3.65. The van der Waals surface area contributed by atoms with Crippen molar-refractivity contribution < 1.29 is 14.1 Å².